The first-order chi connectivity index (χ1) is 11.4. The van der Waals surface area contributed by atoms with Gasteiger partial charge in [-0.05, 0) is 49.7 Å². The van der Waals surface area contributed by atoms with Crippen LogP contribution >= 0.6 is 0 Å². The Hall–Kier alpha value is -3.09. The zero-order chi connectivity index (χ0) is 17.3. The SMILES string of the molecule is Cc1cc(C)c(-c2nc(CC(N)=O)nn2-c2ccc(F)cc2)cn1. The molecule has 3 rings (SSSR count). The van der Waals surface area contributed by atoms with Gasteiger partial charge in [0.05, 0.1) is 12.1 Å². The summed E-state index contributed by atoms with van der Waals surface area (Å²) in [5.74, 6) is -0.0211. The molecule has 0 aliphatic heterocycles. The summed E-state index contributed by atoms with van der Waals surface area (Å²) < 4.78 is 14.8. The highest BCUT2D eigenvalue weighted by molar-refractivity contribution is 5.76. The number of carbonyl (C=O) groups is 1. The van der Waals surface area contributed by atoms with Gasteiger partial charge < -0.3 is 5.73 Å². The molecule has 122 valence electrons. The molecular weight excluding hydrogens is 309 g/mol. The number of aromatic nitrogens is 4. The maximum Gasteiger partial charge on any atom is 0.225 e. The van der Waals surface area contributed by atoms with Gasteiger partial charge >= 0.3 is 0 Å². The first-order valence-corrected chi connectivity index (χ1v) is 7.38. The van der Waals surface area contributed by atoms with Crippen molar-refractivity contribution in [3.63, 3.8) is 0 Å². The molecule has 2 heterocycles. The Morgan fingerprint density at radius 2 is 1.96 bits per heavy atom. The predicted molar refractivity (Wildman–Crippen MR) is 86.9 cm³/mol. The molecule has 6 nitrogen and oxygen atoms in total. The van der Waals surface area contributed by atoms with Gasteiger partial charge in [-0.1, -0.05) is 0 Å². The third-order valence-corrected chi connectivity index (χ3v) is 3.54. The molecule has 0 unspecified atom stereocenters. The molecule has 0 bridgehead atoms. The molecule has 0 aliphatic rings. The average Bonchev–Trinajstić information content (AvgIpc) is 2.90. The highest BCUT2D eigenvalue weighted by Crippen LogP contribution is 2.24. The monoisotopic (exact) mass is 325 g/mol. The van der Waals surface area contributed by atoms with E-state index in [0.717, 1.165) is 16.8 Å². The van der Waals surface area contributed by atoms with Crippen molar-refractivity contribution >= 4 is 5.91 Å². The third kappa shape index (κ3) is 3.15. The summed E-state index contributed by atoms with van der Waals surface area (Å²) in [6, 6.07) is 7.81. The molecule has 24 heavy (non-hydrogen) atoms. The fourth-order valence-electron chi connectivity index (χ4n) is 2.45. The summed E-state index contributed by atoms with van der Waals surface area (Å²) in [7, 11) is 0. The predicted octanol–water partition coefficient (Wildman–Crippen LogP) is 2.11. The van der Waals surface area contributed by atoms with Gasteiger partial charge in [-0.15, -0.1) is 0 Å². The largest absolute Gasteiger partial charge is 0.369 e. The van der Waals surface area contributed by atoms with Gasteiger partial charge in [0.15, 0.2) is 11.6 Å². The van der Waals surface area contributed by atoms with E-state index in [4.69, 9.17) is 5.73 Å². The molecule has 0 saturated heterocycles. The lowest BCUT2D eigenvalue weighted by atomic mass is 10.1. The second-order valence-electron chi connectivity index (χ2n) is 5.52. The maximum atomic E-state index is 13.2. The maximum absolute atomic E-state index is 13.2. The Morgan fingerprint density at radius 1 is 1.25 bits per heavy atom. The van der Waals surface area contributed by atoms with Gasteiger partial charge in [-0.3, -0.25) is 9.78 Å². The minimum Gasteiger partial charge on any atom is -0.369 e. The zero-order valence-corrected chi connectivity index (χ0v) is 13.3. The molecule has 0 spiro atoms. The molecule has 0 aliphatic carbocycles. The van der Waals surface area contributed by atoms with Gasteiger partial charge in [-0.2, -0.15) is 5.10 Å². The van der Waals surface area contributed by atoms with Crippen LogP contribution in [0.4, 0.5) is 4.39 Å². The lowest BCUT2D eigenvalue weighted by Gasteiger charge is -2.08. The second kappa shape index (κ2) is 6.19. The van der Waals surface area contributed by atoms with Crippen molar-refractivity contribution in [1.29, 1.82) is 0 Å². The van der Waals surface area contributed by atoms with E-state index in [9.17, 15) is 9.18 Å². The fraction of sp³-hybridized carbons (Fsp3) is 0.176. The van der Waals surface area contributed by atoms with E-state index in [1.807, 2.05) is 19.9 Å². The Morgan fingerprint density at radius 3 is 2.58 bits per heavy atom. The second-order valence-corrected chi connectivity index (χ2v) is 5.52. The standard InChI is InChI=1S/C17H16FN5O/c1-10-7-11(2)20-9-14(10)17-21-16(8-15(19)24)22-23(17)13-5-3-12(18)4-6-13/h3-7,9H,8H2,1-2H3,(H2,19,24). The number of amides is 1. The Labute approximate surface area is 138 Å². The molecule has 0 fully saturated rings. The number of primary amides is 1. The van der Waals surface area contributed by atoms with Crippen LogP contribution in [0.15, 0.2) is 36.5 Å². The van der Waals surface area contributed by atoms with Crippen molar-refractivity contribution in [2.75, 3.05) is 0 Å². The van der Waals surface area contributed by atoms with Gasteiger partial charge in [0.25, 0.3) is 0 Å². The third-order valence-electron chi connectivity index (χ3n) is 3.54. The van der Waals surface area contributed by atoms with Crippen LogP contribution in [0.25, 0.3) is 17.1 Å². The van der Waals surface area contributed by atoms with Crippen molar-refractivity contribution < 1.29 is 9.18 Å². The number of nitrogens with zero attached hydrogens (tertiary/aromatic N) is 4. The Balaban J connectivity index is 2.17. The minimum atomic E-state index is -0.517. The number of rotatable bonds is 4. The van der Waals surface area contributed by atoms with Crippen molar-refractivity contribution in [3.05, 3.63) is 59.4 Å². The highest BCUT2D eigenvalue weighted by atomic mass is 19.1. The van der Waals surface area contributed by atoms with E-state index in [1.54, 1.807) is 23.0 Å². The van der Waals surface area contributed by atoms with Crippen LogP contribution in [-0.4, -0.2) is 25.7 Å². The van der Waals surface area contributed by atoms with Crippen LogP contribution in [0.3, 0.4) is 0 Å². The molecule has 0 atom stereocenters. The quantitative estimate of drug-likeness (QED) is 0.796. The molecule has 2 N–H and O–H groups in total. The van der Waals surface area contributed by atoms with Crippen molar-refractivity contribution in [2.45, 2.75) is 20.3 Å². The summed E-state index contributed by atoms with van der Waals surface area (Å²) in [5.41, 5.74) is 8.53. The molecule has 1 aromatic carbocycles. The highest BCUT2D eigenvalue weighted by Gasteiger charge is 2.17. The molecule has 2 aromatic heterocycles. The number of hydrogen-bond acceptors (Lipinski definition) is 4. The topological polar surface area (TPSA) is 86.7 Å². The lowest BCUT2D eigenvalue weighted by molar-refractivity contribution is -0.117. The first-order valence-electron chi connectivity index (χ1n) is 7.38. The summed E-state index contributed by atoms with van der Waals surface area (Å²) in [6.45, 7) is 3.85. The minimum absolute atomic E-state index is 0.0699. The van der Waals surface area contributed by atoms with E-state index in [1.165, 1.54) is 12.1 Å². The van der Waals surface area contributed by atoms with Gasteiger partial charge in [0.2, 0.25) is 5.91 Å². The number of hydrogen-bond donors (Lipinski definition) is 1. The molecule has 0 radical (unpaired) electrons. The van der Waals surface area contributed by atoms with Gasteiger partial charge in [-0.25, -0.2) is 14.1 Å². The summed E-state index contributed by atoms with van der Waals surface area (Å²) in [6.07, 6.45) is 1.64. The smallest absolute Gasteiger partial charge is 0.225 e. The number of nitrogens with two attached hydrogens (primary N) is 1. The van der Waals surface area contributed by atoms with E-state index < -0.39 is 5.91 Å². The van der Waals surface area contributed by atoms with E-state index in [0.29, 0.717) is 17.3 Å². The Bertz CT molecular complexity index is 902. The lowest BCUT2D eigenvalue weighted by Crippen LogP contribution is -2.14. The molecule has 3 aromatic rings. The van der Waals surface area contributed by atoms with Crippen molar-refractivity contribution in [3.8, 4) is 17.1 Å². The number of carbonyl (C=O) groups excluding carboxylic acids is 1. The number of pyridine rings is 1. The van der Waals surface area contributed by atoms with Gasteiger partial charge in [0.1, 0.15) is 5.82 Å². The van der Waals surface area contributed by atoms with Crippen LogP contribution in [0, 0.1) is 19.7 Å². The van der Waals surface area contributed by atoms with Crippen LogP contribution in [0.5, 0.6) is 0 Å². The zero-order valence-electron chi connectivity index (χ0n) is 13.3. The molecule has 1 amide bonds. The van der Waals surface area contributed by atoms with E-state index in [-0.39, 0.29) is 12.2 Å². The van der Waals surface area contributed by atoms with Crippen LogP contribution < -0.4 is 5.73 Å². The molecular formula is C17H16FN5O. The average molecular weight is 325 g/mol. The van der Waals surface area contributed by atoms with E-state index in [2.05, 4.69) is 15.1 Å². The Kier molecular flexibility index (Phi) is 4.07. The summed E-state index contributed by atoms with van der Waals surface area (Å²) >= 11 is 0. The number of benzene rings is 1. The van der Waals surface area contributed by atoms with E-state index >= 15 is 0 Å². The normalized spacial score (nSPS) is 10.8. The summed E-state index contributed by atoms with van der Waals surface area (Å²) in [5, 5.41) is 4.34. The van der Waals surface area contributed by atoms with Crippen molar-refractivity contribution in [1.82, 2.24) is 19.7 Å². The summed E-state index contributed by atoms with van der Waals surface area (Å²) in [4.78, 5) is 19.9. The van der Waals surface area contributed by atoms with Crippen LogP contribution in [0.1, 0.15) is 17.1 Å². The number of aryl methyl sites for hydroxylation is 2. The molecule has 7 heteroatoms. The number of halogens is 1. The molecule has 0 saturated carbocycles. The van der Waals surface area contributed by atoms with Crippen molar-refractivity contribution in [2.24, 2.45) is 5.73 Å². The first kappa shape index (κ1) is 15.8. The fourth-order valence-corrected chi connectivity index (χ4v) is 2.45. The van der Waals surface area contributed by atoms with Crippen LogP contribution in [0.2, 0.25) is 0 Å². The van der Waals surface area contributed by atoms with Gasteiger partial charge in [0, 0.05) is 17.5 Å². The van der Waals surface area contributed by atoms with Crippen LogP contribution in [-0.2, 0) is 11.2 Å².